The van der Waals surface area contributed by atoms with Crippen LogP contribution < -0.4 is 11.5 Å². The molecule has 2 aromatic rings. The van der Waals surface area contributed by atoms with Gasteiger partial charge in [-0.3, -0.25) is 0 Å². The van der Waals surface area contributed by atoms with Gasteiger partial charge in [0.2, 0.25) is 0 Å². The molecule has 2 aliphatic rings. The lowest BCUT2D eigenvalue weighted by Crippen LogP contribution is -2.34. The van der Waals surface area contributed by atoms with Crippen molar-refractivity contribution >= 4 is 11.4 Å². The topological polar surface area (TPSA) is 52.0 Å². The minimum absolute atomic E-state index is 0.171. The van der Waals surface area contributed by atoms with Crippen LogP contribution in [-0.2, 0) is 5.41 Å². The Balaban J connectivity index is 1.96. The van der Waals surface area contributed by atoms with E-state index in [9.17, 15) is 4.39 Å². The van der Waals surface area contributed by atoms with Crippen molar-refractivity contribution in [2.24, 2.45) is 11.8 Å². The van der Waals surface area contributed by atoms with Gasteiger partial charge in [0.25, 0.3) is 0 Å². The van der Waals surface area contributed by atoms with Crippen LogP contribution in [0, 0.1) is 17.7 Å². The molecule has 22 heavy (non-hydrogen) atoms. The summed E-state index contributed by atoms with van der Waals surface area (Å²) in [4.78, 5) is 0. The van der Waals surface area contributed by atoms with Crippen molar-refractivity contribution in [1.29, 1.82) is 0 Å². The average molecular weight is 296 g/mol. The molecule has 0 spiro atoms. The standard InChI is InChI=1S/C19H21FN2/c20-18-11-16(22)9-10-17(18)19(12-1-2-13(19)4-3-12)14-5-7-15(21)8-6-14/h5-13H,1-4,21-22H2. The summed E-state index contributed by atoms with van der Waals surface area (Å²) in [6.07, 6.45) is 4.72. The highest BCUT2D eigenvalue weighted by Gasteiger charge is 2.56. The van der Waals surface area contributed by atoms with Crippen molar-refractivity contribution in [3.63, 3.8) is 0 Å². The second kappa shape index (κ2) is 4.73. The minimum atomic E-state index is -0.203. The zero-order valence-corrected chi connectivity index (χ0v) is 12.6. The number of anilines is 2. The second-order valence-electron chi connectivity index (χ2n) is 6.78. The number of hydrogen-bond acceptors (Lipinski definition) is 2. The third kappa shape index (κ3) is 1.71. The molecule has 0 unspecified atom stereocenters. The summed E-state index contributed by atoms with van der Waals surface area (Å²) in [6.45, 7) is 0. The molecule has 2 nitrogen and oxygen atoms in total. The molecule has 0 heterocycles. The Morgan fingerprint density at radius 3 is 1.91 bits per heavy atom. The molecule has 0 radical (unpaired) electrons. The van der Waals surface area contributed by atoms with Crippen LogP contribution in [0.2, 0.25) is 0 Å². The molecule has 2 bridgehead atoms. The molecule has 0 aliphatic heterocycles. The smallest absolute Gasteiger partial charge is 0.129 e. The number of nitrogen functional groups attached to an aromatic ring is 2. The monoisotopic (exact) mass is 296 g/mol. The first-order valence-corrected chi connectivity index (χ1v) is 8.04. The molecule has 2 saturated carbocycles. The SMILES string of the molecule is Nc1ccc(C2(c3ccc(N)cc3F)C3CCC2CC3)cc1. The summed E-state index contributed by atoms with van der Waals surface area (Å²) in [5.41, 5.74) is 14.7. The fourth-order valence-electron chi connectivity index (χ4n) is 5.03. The fraction of sp³-hybridized carbons (Fsp3) is 0.368. The molecule has 2 aliphatic carbocycles. The quantitative estimate of drug-likeness (QED) is 0.820. The van der Waals surface area contributed by atoms with E-state index in [1.165, 1.54) is 37.3 Å². The van der Waals surface area contributed by atoms with E-state index in [-0.39, 0.29) is 11.2 Å². The van der Waals surface area contributed by atoms with Gasteiger partial charge in [-0.05, 0) is 72.9 Å². The van der Waals surface area contributed by atoms with Gasteiger partial charge in [0.05, 0.1) is 0 Å². The first-order chi connectivity index (χ1) is 10.6. The number of nitrogens with two attached hydrogens (primary N) is 2. The second-order valence-corrected chi connectivity index (χ2v) is 6.78. The largest absolute Gasteiger partial charge is 0.399 e. The summed E-state index contributed by atoms with van der Waals surface area (Å²) in [6, 6.07) is 13.2. The first-order valence-electron chi connectivity index (χ1n) is 8.04. The summed E-state index contributed by atoms with van der Waals surface area (Å²) in [5.74, 6) is 0.856. The van der Waals surface area contributed by atoms with Gasteiger partial charge in [0.15, 0.2) is 0 Å². The van der Waals surface area contributed by atoms with Crippen molar-refractivity contribution in [3.8, 4) is 0 Å². The van der Waals surface area contributed by atoms with Crippen molar-refractivity contribution in [3.05, 3.63) is 59.4 Å². The Labute approximate surface area is 130 Å². The number of rotatable bonds is 2. The molecular formula is C19H21FN2. The summed E-state index contributed by atoms with van der Waals surface area (Å²) in [7, 11) is 0. The van der Waals surface area contributed by atoms with Crippen LogP contribution in [0.5, 0.6) is 0 Å². The van der Waals surface area contributed by atoms with Gasteiger partial charge < -0.3 is 11.5 Å². The molecule has 4 rings (SSSR count). The zero-order valence-electron chi connectivity index (χ0n) is 12.6. The summed E-state index contributed by atoms with van der Waals surface area (Å²) < 4.78 is 14.8. The Bertz CT molecular complexity index is 688. The van der Waals surface area contributed by atoms with Crippen molar-refractivity contribution < 1.29 is 4.39 Å². The molecule has 0 amide bonds. The van der Waals surface area contributed by atoms with E-state index in [1.54, 1.807) is 0 Å². The van der Waals surface area contributed by atoms with Crippen LogP contribution in [0.25, 0.3) is 0 Å². The Morgan fingerprint density at radius 2 is 1.36 bits per heavy atom. The molecule has 114 valence electrons. The van der Waals surface area contributed by atoms with E-state index >= 15 is 0 Å². The van der Waals surface area contributed by atoms with Crippen LogP contribution in [0.1, 0.15) is 36.8 Å². The normalized spacial score (nSPS) is 29.9. The van der Waals surface area contributed by atoms with Crippen molar-refractivity contribution in [1.82, 2.24) is 0 Å². The third-order valence-electron chi connectivity index (χ3n) is 5.84. The molecule has 2 fully saturated rings. The van der Waals surface area contributed by atoms with E-state index in [0.717, 1.165) is 11.3 Å². The van der Waals surface area contributed by atoms with Gasteiger partial charge in [-0.2, -0.15) is 0 Å². The van der Waals surface area contributed by atoms with E-state index in [2.05, 4.69) is 12.1 Å². The predicted molar refractivity (Wildman–Crippen MR) is 87.9 cm³/mol. The molecular weight excluding hydrogens is 275 g/mol. The molecule has 0 saturated heterocycles. The number of hydrogen-bond donors (Lipinski definition) is 2. The lowest BCUT2D eigenvalue weighted by atomic mass is 9.66. The minimum Gasteiger partial charge on any atom is -0.399 e. The lowest BCUT2D eigenvalue weighted by molar-refractivity contribution is 0.372. The predicted octanol–water partition coefficient (Wildman–Crippen LogP) is 4.10. The summed E-state index contributed by atoms with van der Waals surface area (Å²) in [5, 5.41) is 0. The zero-order chi connectivity index (χ0) is 15.3. The van der Waals surface area contributed by atoms with Crippen LogP contribution in [0.15, 0.2) is 42.5 Å². The van der Waals surface area contributed by atoms with E-state index in [1.807, 2.05) is 24.3 Å². The van der Waals surface area contributed by atoms with E-state index in [4.69, 9.17) is 11.5 Å². The molecule has 4 N–H and O–H groups in total. The Morgan fingerprint density at radius 1 is 0.818 bits per heavy atom. The maximum atomic E-state index is 14.8. The third-order valence-corrected chi connectivity index (χ3v) is 5.84. The number of fused-ring (bicyclic) bond motifs is 2. The Kier molecular flexibility index (Phi) is 2.93. The van der Waals surface area contributed by atoms with Gasteiger partial charge in [-0.1, -0.05) is 18.2 Å². The maximum absolute atomic E-state index is 14.8. The lowest BCUT2D eigenvalue weighted by Gasteiger charge is -2.36. The molecule has 3 heteroatoms. The fourth-order valence-corrected chi connectivity index (χ4v) is 5.03. The van der Waals surface area contributed by atoms with Gasteiger partial charge in [0.1, 0.15) is 5.82 Å². The van der Waals surface area contributed by atoms with Gasteiger partial charge in [-0.15, -0.1) is 0 Å². The summed E-state index contributed by atoms with van der Waals surface area (Å²) >= 11 is 0. The van der Waals surface area contributed by atoms with E-state index < -0.39 is 0 Å². The van der Waals surface area contributed by atoms with Crippen molar-refractivity contribution in [2.75, 3.05) is 11.5 Å². The highest BCUT2D eigenvalue weighted by molar-refractivity contribution is 5.52. The maximum Gasteiger partial charge on any atom is 0.129 e. The molecule has 2 aromatic carbocycles. The molecule has 0 atom stereocenters. The van der Waals surface area contributed by atoms with Crippen LogP contribution >= 0.6 is 0 Å². The van der Waals surface area contributed by atoms with E-state index in [0.29, 0.717) is 17.5 Å². The highest BCUT2D eigenvalue weighted by Crippen LogP contribution is 2.62. The van der Waals surface area contributed by atoms with Gasteiger partial charge in [0, 0.05) is 16.8 Å². The number of benzene rings is 2. The average Bonchev–Trinajstić information content (AvgIpc) is 3.04. The van der Waals surface area contributed by atoms with Gasteiger partial charge >= 0.3 is 0 Å². The van der Waals surface area contributed by atoms with Crippen LogP contribution in [0.3, 0.4) is 0 Å². The highest BCUT2D eigenvalue weighted by atomic mass is 19.1. The van der Waals surface area contributed by atoms with Gasteiger partial charge in [-0.25, -0.2) is 4.39 Å². The number of halogens is 1. The molecule has 0 aromatic heterocycles. The Hall–Kier alpha value is -2.03. The first kappa shape index (κ1) is 13.6. The van der Waals surface area contributed by atoms with Crippen LogP contribution in [0.4, 0.5) is 15.8 Å². The van der Waals surface area contributed by atoms with Crippen LogP contribution in [-0.4, -0.2) is 0 Å². The van der Waals surface area contributed by atoms with Crippen molar-refractivity contribution in [2.45, 2.75) is 31.1 Å².